The molecule has 0 aromatic heterocycles. The minimum atomic E-state index is -0.349. The molecule has 2 aliphatic rings. The smallest absolute Gasteiger partial charge is 0.246 e. The number of piperazine rings is 1. The number of amides is 2. The van der Waals surface area contributed by atoms with Crippen molar-refractivity contribution in [2.45, 2.75) is 65.6 Å². The highest BCUT2D eigenvalue weighted by Crippen LogP contribution is 2.35. The van der Waals surface area contributed by atoms with Gasteiger partial charge in [-0.05, 0) is 30.6 Å². The lowest BCUT2D eigenvalue weighted by Gasteiger charge is -2.50. The zero-order chi connectivity index (χ0) is 14.3. The van der Waals surface area contributed by atoms with E-state index in [-0.39, 0.29) is 41.8 Å². The SMILES string of the molecule is CC1CC(N2C(=O)C(C(C)C)NC(=O)C2C(C)C)C1. The minimum absolute atomic E-state index is 0.0212. The third kappa shape index (κ3) is 2.49. The molecule has 19 heavy (non-hydrogen) atoms. The molecule has 2 unspecified atom stereocenters. The lowest BCUT2D eigenvalue weighted by molar-refractivity contribution is -0.158. The van der Waals surface area contributed by atoms with Crippen LogP contribution in [0.4, 0.5) is 0 Å². The molecule has 2 rings (SSSR count). The molecule has 0 bridgehead atoms. The molecule has 1 saturated carbocycles. The lowest BCUT2D eigenvalue weighted by Crippen LogP contribution is -2.69. The van der Waals surface area contributed by atoms with Gasteiger partial charge in [-0.2, -0.15) is 0 Å². The van der Waals surface area contributed by atoms with Crippen LogP contribution in [0.5, 0.6) is 0 Å². The Kier molecular flexibility index (Phi) is 3.88. The molecule has 2 amide bonds. The summed E-state index contributed by atoms with van der Waals surface area (Å²) >= 11 is 0. The Hall–Kier alpha value is -1.06. The third-order valence-electron chi connectivity index (χ3n) is 4.43. The summed E-state index contributed by atoms with van der Waals surface area (Å²) in [6.45, 7) is 10.2. The van der Waals surface area contributed by atoms with Crippen LogP contribution in [0.25, 0.3) is 0 Å². The van der Waals surface area contributed by atoms with Crippen molar-refractivity contribution >= 4 is 11.8 Å². The molecule has 1 aliphatic carbocycles. The molecule has 1 aliphatic heterocycles. The number of nitrogens with one attached hydrogen (secondary N) is 1. The van der Waals surface area contributed by atoms with Crippen molar-refractivity contribution in [3.05, 3.63) is 0 Å². The fraction of sp³-hybridized carbons (Fsp3) is 0.867. The standard InChI is InChI=1S/C15H26N2O2/c1-8(2)12-15(19)17(11-6-10(5)7-11)13(9(3)4)14(18)16-12/h8-13H,6-7H2,1-5H3,(H,16,18). The van der Waals surface area contributed by atoms with Gasteiger partial charge in [0.1, 0.15) is 12.1 Å². The fourth-order valence-electron chi connectivity index (χ4n) is 3.29. The Morgan fingerprint density at radius 2 is 1.68 bits per heavy atom. The summed E-state index contributed by atoms with van der Waals surface area (Å²) in [5.41, 5.74) is 0. The van der Waals surface area contributed by atoms with Gasteiger partial charge in [0.25, 0.3) is 0 Å². The van der Waals surface area contributed by atoms with Crippen LogP contribution in [0, 0.1) is 17.8 Å². The Labute approximate surface area is 115 Å². The average molecular weight is 266 g/mol. The topological polar surface area (TPSA) is 49.4 Å². The van der Waals surface area contributed by atoms with Crippen molar-refractivity contribution in [2.75, 3.05) is 0 Å². The van der Waals surface area contributed by atoms with Crippen molar-refractivity contribution in [2.24, 2.45) is 17.8 Å². The molecule has 1 saturated heterocycles. The number of hydrogen-bond donors (Lipinski definition) is 1. The van der Waals surface area contributed by atoms with Crippen LogP contribution in [-0.2, 0) is 9.59 Å². The summed E-state index contributed by atoms with van der Waals surface area (Å²) in [5, 5.41) is 2.91. The van der Waals surface area contributed by atoms with Crippen molar-refractivity contribution < 1.29 is 9.59 Å². The van der Waals surface area contributed by atoms with E-state index < -0.39 is 0 Å². The Morgan fingerprint density at radius 3 is 2.11 bits per heavy atom. The van der Waals surface area contributed by atoms with E-state index in [1.807, 2.05) is 32.6 Å². The highest BCUT2D eigenvalue weighted by Gasteiger charge is 2.48. The second kappa shape index (κ2) is 5.14. The van der Waals surface area contributed by atoms with Gasteiger partial charge in [-0.1, -0.05) is 34.6 Å². The van der Waals surface area contributed by atoms with E-state index in [1.165, 1.54) is 0 Å². The van der Waals surface area contributed by atoms with E-state index in [9.17, 15) is 9.59 Å². The maximum absolute atomic E-state index is 12.7. The van der Waals surface area contributed by atoms with E-state index in [0.29, 0.717) is 5.92 Å². The summed E-state index contributed by atoms with van der Waals surface area (Å²) in [7, 11) is 0. The van der Waals surface area contributed by atoms with Crippen LogP contribution in [0.1, 0.15) is 47.5 Å². The summed E-state index contributed by atoms with van der Waals surface area (Å²) in [4.78, 5) is 26.9. The molecular formula is C15H26N2O2. The summed E-state index contributed by atoms with van der Waals surface area (Å²) in [6.07, 6.45) is 2.07. The maximum atomic E-state index is 12.7. The second-order valence-electron chi connectivity index (χ2n) is 6.90. The van der Waals surface area contributed by atoms with Gasteiger partial charge in [0.05, 0.1) is 0 Å². The average Bonchev–Trinajstić information content (AvgIpc) is 2.26. The van der Waals surface area contributed by atoms with Crippen molar-refractivity contribution in [3.8, 4) is 0 Å². The first kappa shape index (κ1) is 14.4. The second-order valence-corrected chi connectivity index (χ2v) is 6.90. The monoisotopic (exact) mass is 266 g/mol. The number of carbonyl (C=O) groups is 2. The van der Waals surface area contributed by atoms with Crippen LogP contribution in [0.15, 0.2) is 0 Å². The number of carbonyl (C=O) groups excluding carboxylic acids is 2. The molecule has 1 heterocycles. The van der Waals surface area contributed by atoms with Gasteiger partial charge < -0.3 is 10.2 Å². The normalized spacial score (nSPS) is 35.6. The Morgan fingerprint density at radius 1 is 1.11 bits per heavy atom. The minimum Gasteiger partial charge on any atom is -0.342 e. The highest BCUT2D eigenvalue weighted by atomic mass is 16.2. The quantitative estimate of drug-likeness (QED) is 0.846. The van der Waals surface area contributed by atoms with Crippen molar-refractivity contribution in [3.63, 3.8) is 0 Å². The fourth-order valence-corrected chi connectivity index (χ4v) is 3.29. The predicted octanol–water partition coefficient (Wildman–Crippen LogP) is 1.79. The van der Waals surface area contributed by atoms with Crippen molar-refractivity contribution in [1.82, 2.24) is 10.2 Å². The molecule has 0 spiro atoms. The largest absolute Gasteiger partial charge is 0.342 e. The van der Waals surface area contributed by atoms with E-state index >= 15 is 0 Å². The highest BCUT2D eigenvalue weighted by molar-refractivity contribution is 5.97. The van der Waals surface area contributed by atoms with E-state index in [2.05, 4.69) is 12.2 Å². The first-order valence-electron chi connectivity index (χ1n) is 7.45. The molecule has 0 radical (unpaired) electrons. The molecule has 1 N–H and O–H groups in total. The van der Waals surface area contributed by atoms with Crippen molar-refractivity contribution in [1.29, 1.82) is 0 Å². The molecular weight excluding hydrogens is 240 g/mol. The molecule has 2 fully saturated rings. The van der Waals surface area contributed by atoms with Gasteiger partial charge in [-0.15, -0.1) is 0 Å². The summed E-state index contributed by atoms with van der Waals surface area (Å²) in [6, 6.07) is -0.374. The number of hydrogen-bond acceptors (Lipinski definition) is 2. The van der Waals surface area contributed by atoms with E-state index in [1.54, 1.807) is 0 Å². The Bertz CT molecular complexity index is 372. The lowest BCUT2D eigenvalue weighted by atomic mass is 9.78. The van der Waals surface area contributed by atoms with Gasteiger partial charge in [-0.3, -0.25) is 9.59 Å². The molecule has 0 aromatic rings. The molecule has 4 heteroatoms. The van der Waals surface area contributed by atoms with Gasteiger partial charge in [0.2, 0.25) is 11.8 Å². The Balaban J connectivity index is 2.25. The van der Waals surface area contributed by atoms with Gasteiger partial charge in [0, 0.05) is 6.04 Å². The van der Waals surface area contributed by atoms with Crippen LogP contribution >= 0.6 is 0 Å². The molecule has 108 valence electrons. The molecule has 2 atom stereocenters. The van der Waals surface area contributed by atoms with Crippen LogP contribution in [0.3, 0.4) is 0 Å². The van der Waals surface area contributed by atoms with Gasteiger partial charge in [0.15, 0.2) is 0 Å². The van der Waals surface area contributed by atoms with Crippen LogP contribution < -0.4 is 5.32 Å². The molecule has 4 nitrogen and oxygen atoms in total. The number of rotatable bonds is 3. The summed E-state index contributed by atoms with van der Waals surface area (Å²) in [5.74, 6) is 1.11. The third-order valence-corrected chi connectivity index (χ3v) is 4.43. The predicted molar refractivity (Wildman–Crippen MR) is 74.4 cm³/mol. The van der Waals surface area contributed by atoms with Gasteiger partial charge >= 0.3 is 0 Å². The zero-order valence-electron chi connectivity index (χ0n) is 12.6. The summed E-state index contributed by atoms with van der Waals surface area (Å²) < 4.78 is 0. The van der Waals surface area contributed by atoms with E-state index in [4.69, 9.17) is 0 Å². The van der Waals surface area contributed by atoms with Gasteiger partial charge in [-0.25, -0.2) is 0 Å². The van der Waals surface area contributed by atoms with E-state index in [0.717, 1.165) is 12.8 Å². The first-order chi connectivity index (χ1) is 8.82. The maximum Gasteiger partial charge on any atom is 0.246 e. The van der Waals surface area contributed by atoms with Crippen LogP contribution in [-0.4, -0.2) is 34.8 Å². The molecule has 0 aromatic carbocycles. The van der Waals surface area contributed by atoms with Crippen LogP contribution in [0.2, 0.25) is 0 Å². The zero-order valence-corrected chi connectivity index (χ0v) is 12.6. The number of nitrogens with zero attached hydrogens (tertiary/aromatic N) is 1. The first-order valence-corrected chi connectivity index (χ1v) is 7.45.